The molecule has 1 rings (SSSR count). The highest BCUT2D eigenvalue weighted by Crippen LogP contribution is 2.31. The Morgan fingerprint density at radius 1 is 1.29 bits per heavy atom. The standard InChI is InChI=1S/C14H17F4NO2/c1-4-21-13(2,3)8-19-12(20)9-5-6-11(15)10(7-9)14(16,17)18/h5-7H,4,8H2,1-3H3,(H,19,20). The van der Waals surface area contributed by atoms with Crippen LogP contribution < -0.4 is 5.32 Å². The van der Waals surface area contributed by atoms with E-state index < -0.39 is 29.1 Å². The van der Waals surface area contributed by atoms with Gasteiger partial charge in [-0.25, -0.2) is 4.39 Å². The SMILES string of the molecule is CCOC(C)(C)CNC(=O)c1ccc(F)c(C(F)(F)F)c1. The molecule has 21 heavy (non-hydrogen) atoms. The maximum Gasteiger partial charge on any atom is 0.419 e. The minimum Gasteiger partial charge on any atom is -0.374 e. The molecular formula is C14H17F4NO2. The van der Waals surface area contributed by atoms with Crippen molar-refractivity contribution in [1.82, 2.24) is 5.32 Å². The fourth-order valence-corrected chi connectivity index (χ4v) is 1.72. The van der Waals surface area contributed by atoms with Crippen molar-refractivity contribution in [2.45, 2.75) is 32.5 Å². The minimum absolute atomic E-state index is 0.123. The van der Waals surface area contributed by atoms with Crippen molar-refractivity contribution in [2.24, 2.45) is 0 Å². The van der Waals surface area contributed by atoms with Gasteiger partial charge in [0, 0.05) is 18.7 Å². The third kappa shape index (κ3) is 5.00. The highest BCUT2D eigenvalue weighted by molar-refractivity contribution is 5.94. The molecule has 1 amide bonds. The third-order valence-electron chi connectivity index (χ3n) is 2.74. The molecule has 1 aromatic carbocycles. The number of carbonyl (C=O) groups is 1. The summed E-state index contributed by atoms with van der Waals surface area (Å²) in [4.78, 5) is 11.8. The molecule has 0 spiro atoms. The van der Waals surface area contributed by atoms with Gasteiger partial charge >= 0.3 is 6.18 Å². The molecule has 0 unspecified atom stereocenters. The minimum atomic E-state index is -4.84. The van der Waals surface area contributed by atoms with E-state index in [1.807, 2.05) is 0 Å². The Balaban J connectivity index is 2.85. The zero-order valence-corrected chi connectivity index (χ0v) is 12.0. The summed E-state index contributed by atoms with van der Waals surface area (Å²) < 4.78 is 56.2. The average Bonchev–Trinajstić information content (AvgIpc) is 2.35. The van der Waals surface area contributed by atoms with Crippen LogP contribution in [0.25, 0.3) is 0 Å². The molecule has 3 nitrogen and oxygen atoms in total. The van der Waals surface area contributed by atoms with E-state index in [1.165, 1.54) is 0 Å². The van der Waals surface area contributed by atoms with Crippen LogP contribution in [0.1, 0.15) is 36.7 Å². The summed E-state index contributed by atoms with van der Waals surface area (Å²) in [6.45, 7) is 5.83. The van der Waals surface area contributed by atoms with Crippen molar-refractivity contribution in [3.05, 3.63) is 35.1 Å². The van der Waals surface area contributed by atoms with E-state index in [1.54, 1.807) is 20.8 Å². The summed E-state index contributed by atoms with van der Waals surface area (Å²) in [6.07, 6.45) is -4.84. The summed E-state index contributed by atoms with van der Waals surface area (Å²) >= 11 is 0. The van der Waals surface area contributed by atoms with E-state index in [-0.39, 0.29) is 12.1 Å². The van der Waals surface area contributed by atoms with E-state index >= 15 is 0 Å². The molecule has 0 aromatic heterocycles. The summed E-state index contributed by atoms with van der Waals surface area (Å²) in [7, 11) is 0. The van der Waals surface area contributed by atoms with Crippen molar-refractivity contribution in [3.8, 4) is 0 Å². The number of ether oxygens (including phenoxy) is 1. The Hall–Kier alpha value is -1.63. The number of benzene rings is 1. The van der Waals surface area contributed by atoms with Gasteiger partial charge in [-0.05, 0) is 39.0 Å². The first-order valence-electron chi connectivity index (χ1n) is 6.36. The second kappa shape index (κ2) is 6.43. The fourth-order valence-electron chi connectivity index (χ4n) is 1.72. The fraction of sp³-hybridized carbons (Fsp3) is 0.500. The highest BCUT2D eigenvalue weighted by Gasteiger charge is 2.34. The number of rotatable bonds is 5. The molecule has 0 bridgehead atoms. The molecule has 0 fully saturated rings. The van der Waals surface area contributed by atoms with Crippen molar-refractivity contribution in [3.63, 3.8) is 0 Å². The summed E-state index contributed by atoms with van der Waals surface area (Å²) in [5, 5.41) is 2.47. The molecule has 0 aliphatic carbocycles. The van der Waals surface area contributed by atoms with Crippen LogP contribution in [-0.2, 0) is 10.9 Å². The maximum absolute atomic E-state index is 13.1. The topological polar surface area (TPSA) is 38.3 Å². The van der Waals surface area contributed by atoms with Crippen LogP contribution in [0.4, 0.5) is 17.6 Å². The number of hydrogen-bond donors (Lipinski definition) is 1. The Kier molecular flexibility index (Phi) is 5.33. The second-order valence-corrected chi connectivity index (χ2v) is 5.07. The summed E-state index contributed by atoms with van der Waals surface area (Å²) in [5.41, 5.74) is -2.35. The second-order valence-electron chi connectivity index (χ2n) is 5.07. The molecule has 1 aromatic rings. The monoisotopic (exact) mass is 307 g/mol. The van der Waals surface area contributed by atoms with Gasteiger partial charge in [-0.15, -0.1) is 0 Å². The molecule has 0 heterocycles. The lowest BCUT2D eigenvalue weighted by atomic mass is 10.1. The first-order valence-corrected chi connectivity index (χ1v) is 6.36. The maximum atomic E-state index is 13.1. The highest BCUT2D eigenvalue weighted by atomic mass is 19.4. The molecule has 0 aliphatic rings. The Morgan fingerprint density at radius 2 is 1.90 bits per heavy atom. The lowest BCUT2D eigenvalue weighted by Crippen LogP contribution is -2.40. The molecule has 0 atom stereocenters. The third-order valence-corrected chi connectivity index (χ3v) is 2.74. The molecule has 118 valence electrons. The van der Waals surface area contributed by atoms with Crippen LogP contribution in [0.5, 0.6) is 0 Å². The zero-order chi connectivity index (χ0) is 16.3. The quantitative estimate of drug-likeness (QED) is 0.847. The first-order chi connectivity index (χ1) is 9.57. The van der Waals surface area contributed by atoms with E-state index in [2.05, 4.69) is 5.32 Å². The van der Waals surface area contributed by atoms with Gasteiger partial charge in [-0.2, -0.15) is 13.2 Å². The van der Waals surface area contributed by atoms with Crippen LogP contribution in [-0.4, -0.2) is 24.7 Å². The Bertz CT molecular complexity index is 512. The lowest BCUT2D eigenvalue weighted by Gasteiger charge is -2.24. The number of hydrogen-bond acceptors (Lipinski definition) is 2. The van der Waals surface area contributed by atoms with Crippen LogP contribution in [0.3, 0.4) is 0 Å². The molecule has 0 radical (unpaired) electrons. The van der Waals surface area contributed by atoms with Crippen molar-refractivity contribution in [2.75, 3.05) is 13.2 Å². The average molecular weight is 307 g/mol. The van der Waals surface area contributed by atoms with Crippen LogP contribution in [0.2, 0.25) is 0 Å². The van der Waals surface area contributed by atoms with Gasteiger partial charge in [0.15, 0.2) is 0 Å². The van der Waals surface area contributed by atoms with Crippen LogP contribution in [0, 0.1) is 5.82 Å². The number of nitrogens with one attached hydrogen (secondary N) is 1. The number of carbonyl (C=O) groups excluding carboxylic acids is 1. The smallest absolute Gasteiger partial charge is 0.374 e. The molecule has 0 aliphatic heterocycles. The van der Waals surface area contributed by atoms with Gasteiger partial charge in [-0.3, -0.25) is 4.79 Å². The number of halogens is 4. The molecule has 7 heteroatoms. The zero-order valence-electron chi connectivity index (χ0n) is 12.0. The van der Waals surface area contributed by atoms with Gasteiger partial charge in [0.1, 0.15) is 5.82 Å². The molecule has 0 saturated heterocycles. The number of alkyl halides is 3. The first kappa shape index (κ1) is 17.4. The van der Waals surface area contributed by atoms with Gasteiger partial charge in [-0.1, -0.05) is 0 Å². The van der Waals surface area contributed by atoms with Crippen LogP contribution >= 0.6 is 0 Å². The Morgan fingerprint density at radius 3 is 2.43 bits per heavy atom. The number of amides is 1. The van der Waals surface area contributed by atoms with Gasteiger partial charge in [0.05, 0.1) is 11.2 Å². The van der Waals surface area contributed by atoms with Gasteiger partial charge in [0.25, 0.3) is 5.91 Å². The van der Waals surface area contributed by atoms with Gasteiger partial charge < -0.3 is 10.1 Å². The normalized spacial score (nSPS) is 12.3. The van der Waals surface area contributed by atoms with E-state index in [9.17, 15) is 22.4 Å². The summed E-state index contributed by atoms with van der Waals surface area (Å²) in [6, 6.07) is 2.14. The van der Waals surface area contributed by atoms with Crippen molar-refractivity contribution in [1.29, 1.82) is 0 Å². The Labute approximate surface area is 120 Å². The van der Waals surface area contributed by atoms with E-state index in [4.69, 9.17) is 4.74 Å². The largest absolute Gasteiger partial charge is 0.419 e. The van der Waals surface area contributed by atoms with E-state index in [0.717, 1.165) is 6.07 Å². The van der Waals surface area contributed by atoms with Crippen molar-refractivity contribution >= 4 is 5.91 Å². The van der Waals surface area contributed by atoms with Gasteiger partial charge in [0.2, 0.25) is 0 Å². The predicted molar refractivity (Wildman–Crippen MR) is 69.4 cm³/mol. The van der Waals surface area contributed by atoms with Crippen molar-refractivity contribution < 1.29 is 27.1 Å². The molecule has 0 saturated carbocycles. The molecular weight excluding hydrogens is 290 g/mol. The lowest BCUT2D eigenvalue weighted by molar-refractivity contribution is -0.140. The van der Waals surface area contributed by atoms with E-state index in [0.29, 0.717) is 18.7 Å². The van der Waals surface area contributed by atoms with Crippen LogP contribution in [0.15, 0.2) is 18.2 Å². The summed E-state index contributed by atoms with van der Waals surface area (Å²) in [5.74, 6) is -2.12. The predicted octanol–water partition coefficient (Wildman–Crippen LogP) is 3.39. The molecule has 1 N–H and O–H groups in total.